The third-order valence-corrected chi connectivity index (χ3v) is 8.75. The van der Waals surface area contributed by atoms with Crippen LogP contribution in [-0.4, -0.2) is 0 Å². The molecule has 0 unspecified atom stereocenters. The Labute approximate surface area is 296 Å². The zero-order valence-corrected chi connectivity index (χ0v) is 27.9. The molecule has 0 radical (unpaired) electrons. The summed E-state index contributed by atoms with van der Waals surface area (Å²) >= 11 is 0. The Hall–Kier alpha value is -6.50. The predicted molar refractivity (Wildman–Crippen MR) is 219 cm³/mol. The van der Waals surface area contributed by atoms with Crippen molar-refractivity contribution < 1.29 is 0 Å². The van der Waals surface area contributed by atoms with Crippen LogP contribution in [0.25, 0.3) is 70.9 Å². The summed E-state index contributed by atoms with van der Waals surface area (Å²) in [6, 6.07) is 63.9. The highest BCUT2D eigenvalue weighted by Gasteiger charge is 2.22. The van der Waals surface area contributed by atoms with Crippen LogP contribution in [0.5, 0.6) is 0 Å². The molecule has 0 aliphatic carbocycles. The molecule has 50 heavy (non-hydrogen) atoms. The molecule has 0 aliphatic heterocycles. The zero-order chi connectivity index (χ0) is 33.8. The zero-order valence-electron chi connectivity index (χ0n) is 27.9. The van der Waals surface area contributed by atoms with Crippen LogP contribution in [0.15, 0.2) is 182 Å². The van der Waals surface area contributed by atoms with Gasteiger partial charge in [-0.3, -0.25) is 0 Å². The van der Waals surface area contributed by atoms with Crippen LogP contribution >= 0.6 is 0 Å². The summed E-state index contributed by atoms with van der Waals surface area (Å²) in [7, 11) is 0. The molecule has 0 nitrogen and oxygen atoms in total. The monoisotopic (exact) mass is 638 g/mol. The van der Waals surface area contributed by atoms with E-state index in [1.807, 2.05) is 0 Å². The second-order valence-electron chi connectivity index (χ2n) is 12.1. The van der Waals surface area contributed by atoms with Gasteiger partial charge in [0.2, 0.25) is 0 Å². The lowest BCUT2D eigenvalue weighted by molar-refractivity contribution is 1.50. The molecule has 7 rings (SSSR count). The van der Waals surface area contributed by atoms with E-state index in [0.717, 1.165) is 44.5 Å². The Morgan fingerprint density at radius 2 is 0.420 bits per heavy atom. The normalized spacial score (nSPS) is 11.7. The van der Waals surface area contributed by atoms with Crippen molar-refractivity contribution >= 4 is 48.6 Å². The summed E-state index contributed by atoms with van der Waals surface area (Å²) < 4.78 is 0. The van der Waals surface area contributed by atoms with Crippen LogP contribution in [0.4, 0.5) is 0 Å². The third kappa shape index (κ3) is 7.79. The molecule has 0 saturated carbocycles. The van der Waals surface area contributed by atoms with Crippen molar-refractivity contribution in [1.29, 1.82) is 0 Å². The first kappa shape index (κ1) is 32.1. The average molecular weight is 639 g/mol. The molecular formula is C50H38. The molecule has 0 saturated heterocycles. The van der Waals surface area contributed by atoms with Crippen molar-refractivity contribution in [2.45, 2.75) is 0 Å². The molecule has 0 fully saturated rings. The molecule has 0 amide bonds. The van der Waals surface area contributed by atoms with E-state index in [9.17, 15) is 0 Å². The number of hydrogen-bond acceptors (Lipinski definition) is 0. The van der Waals surface area contributed by atoms with Gasteiger partial charge in [-0.2, -0.15) is 0 Å². The Balaban J connectivity index is 1.63. The number of benzene rings is 7. The van der Waals surface area contributed by atoms with Crippen LogP contribution in [0, 0.1) is 0 Å². The van der Waals surface area contributed by atoms with Crippen molar-refractivity contribution in [1.82, 2.24) is 0 Å². The molecule has 0 heteroatoms. The fourth-order valence-corrected chi connectivity index (χ4v) is 6.32. The van der Waals surface area contributed by atoms with Gasteiger partial charge in [0.25, 0.3) is 0 Å². The summed E-state index contributed by atoms with van der Waals surface area (Å²) in [6.07, 6.45) is 18.1. The molecule has 0 heterocycles. The van der Waals surface area contributed by atoms with Gasteiger partial charge in [0.05, 0.1) is 0 Å². The van der Waals surface area contributed by atoms with E-state index in [-0.39, 0.29) is 0 Å². The quantitative estimate of drug-likeness (QED) is 0.131. The molecule has 238 valence electrons. The van der Waals surface area contributed by atoms with Gasteiger partial charge in [0.15, 0.2) is 0 Å². The minimum atomic E-state index is 1.15. The van der Waals surface area contributed by atoms with E-state index in [1.54, 1.807) is 0 Å². The summed E-state index contributed by atoms with van der Waals surface area (Å²) in [6.45, 7) is 0. The minimum Gasteiger partial charge on any atom is -0.0622 e. The van der Waals surface area contributed by atoms with Gasteiger partial charge in [-0.25, -0.2) is 0 Å². The molecule has 0 aliphatic rings. The van der Waals surface area contributed by atoms with Crippen molar-refractivity contribution in [3.63, 3.8) is 0 Å². The molecular weight excluding hydrogens is 601 g/mol. The largest absolute Gasteiger partial charge is 0.0622 e. The van der Waals surface area contributed by atoms with Crippen LogP contribution in [0.3, 0.4) is 0 Å². The van der Waals surface area contributed by atoms with E-state index >= 15 is 0 Å². The molecule has 0 bridgehead atoms. The SMILES string of the molecule is C(=Cc1c(C=Cc2ccccc2)c(C=Cc2ccccc2)c(-c2ccccc2)c(-c2ccccc2)c1C=Cc1ccccc1)c1ccccc1. The molecule has 0 N–H and O–H groups in total. The van der Waals surface area contributed by atoms with Gasteiger partial charge < -0.3 is 0 Å². The first-order valence-electron chi connectivity index (χ1n) is 17.1. The molecule has 0 atom stereocenters. The highest BCUT2D eigenvalue weighted by Crippen LogP contribution is 2.45. The van der Waals surface area contributed by atoms with Crippen molar-refractivity contribution in [2.75, 3.05) is 0 Å². The van der Waals surface area contributed by atoms with E-state index < -0.39 is 0 Å². The Morgan fingerprint density at radius 1 is 0.200 bits per heavy atom. The first-order chi connectivity index (χ1) is 24.8. The van der Waals surface area contributed by atoms with E-state index in [1.165, 1.54) is 22.3 Å². The minimum absolute atomic E-state index is 1.15. The van der Waals surface area contributed by atoms with Crippen molar-refractivity contribution in [2.24, 2.45) is 0 Å². The van der Waals surface area contributed by atoms with Crippen LogP contribution < -0.4 is 0 Å². The maximum absolute atomic E-state index is 2.30. The van der Waals surface area contributed by atoms with Gasteiger partial charge in [-0.15, -0.1) is 0 Å². The van der Waals surface area contributed by atoms with Crippen molar-refractivity contribution in [3.05, 3.63) is 226 Å². The molecule has 7 aromatic carbocycles. The van der Waals surface area contributed by atoms with Crippen LogP contribution in [-0.2, 0) is 0 Å². The van der Waals surface area contributed by atoms with E-state index in [4.69, 9.17) is 0 Å². The summed E-state index contributed by atoms with van der Waals surface area (Å²) in [5.74, 6) is 0. The summed E-state index contributed by atoms with van der Waals surface area (Å²) in [5, 5.41) is 0. The highest BCUT2D eigenvalue weighted by atomic mass is 14.2. The Morgan fingerprint density at radius 3 is 0.680 bits per heavy atom. The lowest BCUT2D eigenvalue weighted by atomic mass is 9.80. The standard InChI is InChI=1S/C50H38/c1-7-19-39(20-8-1)31-35-45-46(36-32-40-21-9-2-10-22-40)48(38-34-42-25-13-4-14-26-42)50(44-29-17-6-18-30-44)49(43-27-15-5-16-28-43)47(45)37-33-41-23-11-3-12-24-41/h1-38H. The average Bonchev–Trinajstić information content (AvgIpc) is 3.20. The highest BCUT2D eigenvalue weighted by molar-refractivity contribution is 6.04. The fourth-order valence-electron chi connectivity index (χ4n) is 6.32. The van der Waals surface area contributed by atoms with Gasteiger partial charge in [0, 0.05) is 0 Å². The van der Waals surface area contributed by atoms with Crippen molar-refractivity contribution in [3.8, 4) is 22.3 Å². The summed E-state index contributed by atoms with van der Waals surface area (Å²) in [4.78, 5) is 0. The maximum Gasteiger partial charge on any atom is -0.00203 e. The first-order valence-corrected chi connectivity index (χ1v) is 17.1. The predicted octanol–water partition coefficient (Wildman–Crippen LogP) is 13.7. The lowest BCUT2D eigenvalue weighted by Crippen LogP contribution is -2.01. The van der Waals surface area contributed by atoms with Gasteiger partial charge in [-0.05, 0) is 66.8 Å². The van der Waals surface area contributed by atoms with Crippen LogP contribution in [0.2, 0.25) is 0 Å². The van der Waals surface area contributed by atoms with Gasteiger partial charge >= 0.3 is 0 Å². The van der Waals surface area contributed by atoms with Gasteiger partial charge in [0.1, 0.15) is 0 Å². The van der Waals surface area contributed by atoms with Crippen LogP contribution in [0.1, 0.15) is 44.5 Å². The second-order valence-corrected chi connectivity index (χ2v) is 12.1. The Kier molecular flexibility index (Phi) is 10.3. The van der Waals surface area contributed by atoms with E-state index in [2.05, 4.69) is 231 Å². The van der Waals surface area contributed by atoms with Gasteiger partial charge in [-0.1, -0.05) is 231 Å². The number of rotatable bonds is 10. The smallest absolute Gasteiger partial charge is 0.00203 e. The second kappa shape index (κ2) is 16.1. The molecule has 0 aromatic heterocycles. The topological polar surface area (TPSA) is 0 Å². The Bertz CT molecular complexity index is 2080. The third-order valence-electron chi connectivity index (χ3n) is 8.75. The lowest BCUT2D eigenvalue weighted by Gasteiger charge is -2.23. The molecule has 0 spiro atoms. The summed E-state index contributed by atoms with van der Waals surface area (Å²) in [5.41, 5.74) is 14.0. The van der Waals surface area contributed by atoms with E-state index in [0.29, 0.717) is 0 Å². The fraction of sp³-hybridized carbons (Fsp3) is 0. The number of hydrogen-bond donors (Lipinski definition) is 0. The maximum atomic E-state index is 2.30. The molecule has 7 aromatic rings.